The molecule has 1 saturated carbocycles. The first-order valence-electron chi connectivity index (χ1n) is 11.8. The molecule has 3 N–H and O–H groups in total. The molecule has 0 bridgehead atoms. The lowest BCUT2D eigenvalue weighted by molar-refractivity contribution is -0.124. The summed E-state index contributed by atoms with van der Waals surface area (Å²) in [4.78, 5) is 56.6. The highest BCUT2D eigenvalue weighted by Crippen LogP contribution is 2.59. The number of anilines is 1. The Kier molecular flexibility index (Phi) is 8.17. The molecule has 198 valence electrons. The monoisotopic (exact) mass is 567 g/mol. The Hall–Kier alpha value is -2.89. The molecule has 4 amide bonds. The van der Waals surface area contributed by atoms with Crippen LogP contribution in [0.25, 0.3) is 0 Å². The Balaban J connectivity index is 1.75. The van der Waals surface area contributed by atoms with Crippen molar-refractivity contribution in [1.29, 1.82) is 0 Å². The molecule has 12 heteroatoms. The average molecular weight is 568 g/mol. The van der Waals surface area contributed by atoms with Gasteiger partial charge in [-0.1, -0.05) is 19.9 Å². The second-order valence-electron chi connectivity index (χ2n) is 10.6. The number of rotatable bonds is 7. The molecular formula is C24H34BrN5O6. The lowest BCUT2D eigenvalue weighted by Gasteiger charge is -2.29. The molecule has 1 aliphatic heterocycles. The van der Waals surface area contributed by atoms with Crippen molar-refractivity contribution < 1.29 is 28.7 Å². The molecule has 2 heterocycles. The normalized spacial score (nSPS) is 23.4. The van der Waals surface area contributed by atoms with Gasteiger partial charge in [-0.2, -0.15) is 0 Å². The van der Waals surface area contributed by atoms with Crippen LogP contribution in [0.1, 0.15) is 47.5 Å². The van der Waals surface area contributed by atoms with E-state index in [4.69, 9.17) is 4.74 Å². The fourth-order valence-electron chi connectivity index (χ4n) is 4.47. The van der Waals surface area contributed by atoms with E-state index in [2.05, 4.69) is 41.6 Å². The molecular weight excluding hydrogens is 534 g/mol. The second-order valence-corrected chi connectivity index (χ2v) is 11.4. The number of pyridine rings is 1. The highest BCUT2D eigenvalue weighted by atomic mass is 79.9. The number of amides is 4. The highest BCUT2D eigenvalue weighted by molar-refractivity contribution is 9.10. The molecule has 1 saturated heterocycles. The minimum atomic E-state index is -0.787. The molecule has 2 fully saturated rings. The number of carbonyl (C=O) groups excluding carboxylic acids is 4. The van der Waals surface area contributed by atoms with Crippen LogP contribution in [-0.2, 0) is 19.1 Å². The zero-order valence-corrected chi connectivity index (χ0v) is 23.0. The summed E-state index contributed by atoms with van der Waals surface area (Å²) in [6, 6.07) is 3.32. The number of hydrogen-bond donors (Lipinski definition) is 3. The number of fused-ring (bicyclic) bond motifs is 1. The first kappa shape index (κ1) is 27.7. The van der Waals surface area contributed by atoms with Crippen molar-refractivity contribution in [2.75, 3.05) is 19.0 Å². The molecule has 11 nitrogen and oxygen atoms in total. The van der Waals surface area contributed by atoms with Gasteiger partial charge in [0.05, 0.1) is 7.11 Å². The van der Waals surface area contributed by atoms with Gasteiger partial charge in [-0.25, -0.2) is 14.6 Å². The molecule has 2 aliphatic rings. The zero-order valence-electron chi connectivity index (χ0n) is 21.4. The van der Waals surface area contributed by atoms with E-state index in [0.717, 1.165) is 0 Å². The van der Waals surface area contributed by atoms with Gasteiger partial charge in [0.2, 0.25) is 11.8 Å². The van der Waals surface area contributed by atoms with Crippen LogP contribution in [0.15, 0.2) is 22.8 Å². The van der Waals surface area contributed by atoms with Crippen LogP contribution >= 0.6 is 15.9 Å². The molecule has 1 aromatic rings. The van der Waals surface area contributed by atoms with E-state index in [0.29, 0.717) is 23.3 Å². The van der Waals surface area contributed by atoms with Crippen molar-refractivity contribution >= 4 is 45.7 Å². The number of aromatic nitrogens is 1. The number of hydrogen-bond acceptors (Lipinski definition) is 7. The van der Waals surface area contributed by atoms with Crippen molar-refractivity contribution in [2.24, 2.45) is 11.3 Å². The third-order valence-corrected chi connectivity index (χ3v) is 6.76. The highest BCUT2D eigenvalue weighted by Gasteiger charge is 2.68. The van der Waals surface area contributed by atoms with Crippen molar-refractivity contribution in [2.45, 2.75) is 71.2 Å². The number of likely N-dealkylation sites (tertiary alicyclic amines) is 1. The molecule has 0 spiro atoms. The van der Waals surface area contributed by atoms with Gasteiger partial charge >= 0.3 is 12.2 Å². The number of methoxy groups -OCH3 is 1. The van der Waals surface area contributed by atoms with E-state index < -0.39 is 35.3 Å². The van der Waals surface area contributed by atoms with Crippen LogP contribution in [0.5, 0.6) is 0 Å². The van der Waals surface area contributed by atoms with E-state index in [1.807, 2.05) is 13.8 Å². The summed E-state index contributed by atoms with van der Waals surface area (Å²) < 4.78 is 10.8. The van der Waals surface area contributed by atoms with E-state index in [-0.39, 0.29) is 30.3 Å². The minimum Gasteiger partial charge on any atom is -0.453 e. The van der Waals surface area contributed by atoms with Gasteiger partial charge < -0.3 is 25.4 Å². The number of ether oxygens (including phenoxy) is 2. The lowest BCUT2D eigenvalue weighted by atomic mass is 9.98. The number of alkyl carbamates (subject to hydrolysis) is 1. The van der Waals surface area contributed by atoms with E-state index in [1.165, 1.54) is 12.0 Å². The van der Waals surface area contributed by atoms with Gasteiger partial charge in [0, 0.05) is 18.0 Å². The van der Waals surface area contributed by atoms with Crippen LogP contribution in [0.3, 0.4) is 0 Å². The van der Waals surface area contributed by atoms with Gasteiger partial charge in [0.15, 0.2) is 0 Å². The standard InChI is InChI=1S/C24H34BrN5O6/c1-13(2)18(29-21(33)35-6)20(32)26-12-24-10-14(19(31)28-17-9-7-8-16(25)27-17)30(15(24)11-24)22(34)36-23(3,4)5/h7-9,13-15,18H,10-12H2,1-6H3,(H,26,32)(H,29,33)(H,27,28,31)/t14-,15?,18?,24?/m0/s1. The second kappa shape index (κ2) is 10.6. The zero-order chi connectivity index (χ0) is 26.8. The lowest BCUT2D eigenvalue weighted by Crippen LogP contribution is -2.50. The summed E-state index contributed by atoms with van der Waals surface area (Å²) in [7, 11) is 1.23. The Bertz CT molecular complexity index is 1030. The molecule has 36 heavy (non-hydrogen) atoms. The van der Waals surface area contributed by atoms with Crippen LogP contribution in [0.4, 0.5) is 15.4 Å². The summed E-state index contributed by atoms with van der Waals surface area (Å²) in [5.74, 6) is -0.549. The van der Waals surface area contributed by atoms with E-state index in [1.54, 1.807) is 39.0 Å². The van der Waals surface area contributed by atoms with Crippen molar-refractivity contribution in [3.63, 3.8) is 0 Å². The molecule has 3 unspecified atom stereocenters. The molecule has 4 atom stereocenters. The topological polar surface area (TPSA) is 139 Å². The molecule has 1 aromatic heterocycles. The Morgan fingerprint density at radius 1 is 1.22 bits per heavy atom. The summed E-state index contributed by atoms with van der Waals surface area (Å²) in [6.45, 7) is 9.18. The van der Waals surface area contributed by atoms with Gasteiger partial charge in [0.25, 0.3) is 0 Å². The number of nitrogens with zero attached hydrogens (tertiary/aromatic N) is 2. The SMILES string of the molecule is COC(=O)NC(C(=O)NCC12CC1N(C(=O)OC(C)(C)C)[C@H](C(=O)Nc1cccc(Br)n1)C2)C(C)C. The van der Waals surface area contributed by atoms with Gasteiger partial charge in [0.1, 0.15) is 28.1 Å². The number of nitrogens with one attached hydrogen (secondary N) is 3. The summed E-state index contributed by atoms with van der Waals surface area (Å²) in [5, 5.41) is 8.23. The Labute approximate surface area is 219 Å². The molecule has 1 aliphatic carbocycles. The molecule has 3 rings (SSSR count). The summed E-state index contributed by atoms with van der Waals surface area (Å²) in [5.41, 5.74) is -1.20. The van der Waals surface area contributed by atoms with Crippen molar-refractivity contribution in [3.05, 3.63) is 22.8 Å². The van der Waals surface area contributed by atoms with Crippen LogP contribution in [-0.4, -0.2) is 71.3 Å². The fraction of sp³-hybridized carbons (Fsp3) is 0.625. The van der Waals surface area contributed by atoms with E-state index >= 15 is 0 Å². The maximum absolute atomic E-state index is 13.2. The molecule has 0 radical (unpaired) electrons. The van der Waals surface area contributed by atoms with Crippen LogP contribution < -0.4 is 16.0 Å². The smallest absolute Gasteiger partial charge is 0.411 e. The maximum Gasteiger partial charge on any atom is 0.411 e. The van der Waals surface area contributed by atoms with E-state index in [9.17, 15) is 19.2 Å². The number of halogens is 1. The Morgan fingerprint density at radius 2 is 1.92 bits per heavy atom. The maximum atomic E-state index is 13.2. The first-order valence-corrected chi connectivity index (χ1v) is 12.6. The quantitative estimate of drug-likeness (QED) is 0.430. The average Bonchev–Trinajstić information content (AvgIpc) is 3.37. The third-order valence-electron chi connectivity index (χ3n) is 6.31. The number of piperidine rings is 1. The number of carbonyl (C=O) groups is 4. The first-order chi connectivity index (χ1) is 16.8. The summed E-state index contributed by atoms with van der Waals surface area (Å²) in [6.07, 6.45) is -0.287. The molecule has 0 aromatic carbocycles. The fourth-order valence-corrected chi connectivity index (χ4v) is 4.81. The van der Waals surface area contributed by atoms with Gasteiger partial charge in [-0.15, -0.1) is 0 Å². The van der Waals surface area contributed by atoms with Crippen LogP contribution in [0, 0.1) is 11.3 Å². The third kappa shape index (κ3) is 6.45. The van der Waals surface area contributed by atoms with Gasteiger partial charge in [-0.3, -0.25) is 14.5 Å². The minimum absolute atomic E-state index is 0.172. The predicted octanol–water partition coefficient (Wildman–Crippen LogP) is 3.05. The van der Waals surface area contributed by atoms with Crippen LogP contribution in [0.2, 0.25) is 0 Å². The largest absolute Gasteiger partial charge is 0.453 e. The summed E-state index contributed by atoms with van der Waals surface area (Å²) >= 11 is 3.28. The Morgan fingerprint density at radius 3 is 2.50 bits per heavy atom. The predicted molar refractivity (Wildman–Crippen MR) is 135 cm³/mol. The van der Waals surface area contributed by atoms with Crippen molar-refractivity contribution in [3.8, 4) is 0 Å². The van der Waals surface area contributed by atoms with Crippen molar-refractivity contribution in [1.82, 2.24) is 20.5 Å². The van der Waals surface area contributed by atoms with Gasteiger partial charge in [-0.05, 0) is 67.6 Å².